The molecule has 2 rings (SSSR count). The van der Waals surface area contributed by atoms with Crippen LogP contribution in [0.4, 0.5) is 0 Å². The summed E-state index contributed by atoms with van der Waals surface area (Å²) in [7, 11) is -3.50. The van der Waals surface area contributed by atoms with Gasteiger partial charge in [-0.05, 0) is 46.2 Å². The maximum absolute atomic E-state index is 11.9. The third kappa shape index (κ3) is 9.25. The monoisotopic (exact) mass is 398 g/mol. The highest BCUT2D eigenvalue weighted by Crippen LogP contribution is 2.23. The van der Waals surface area contributed by atoms with Gasteiger partial charge in [0.05, 0.1) is 0 Å². The maximum atomic E-state index is 11.9. The minimum absolute atomic E-state index is 0. The van der Waals surface area contributed by atoms with E-state index in [0.29, 0.717) is 13.2 Å². The first-order valence-corrected chi connectivity index (χ1v) is 10.4. The molecule has 0 fully saturated rings. The lowest BCUT2D eigenvalue weighted by atomic mass is 10.2. The van der Waals surface area contributed by atoms with Gasteiger partial charge in [0.25, 0.3) is 0 Å². The van der Waals surface area contributed by atoms with Gasteiger partial charge in [-0.25, -0.2) is 0 Å². The molecule has 6 nitrogen and oxygen atoms in total. The Hall–Kier alpha value is -1.52. The van der Waals surface area contributed by atoms with Crippen LogP contribution in [0.2, 0.25) is 0 Å². The Morgan fingerprint density at radius 1 is 0.577 bits per heavy atom. The zero-order valence-corrected chi connectivity index (χ0v) is 16.7. The van der Waals surface area contributed by atoms with E-state index in [9.17, 15) is 9.13 Å². The first-order chi connectivity index (χ1) is 11.8. The summed E-state index contributed by atoms with van der Waals surface area (Å²) in [6, 6.07) is 18.4. The molecule has 2 atom stereocenters. The Balaban J connectivity index is 0.00000312. The zero-order valence-electron chi connectivity index (χ0n) is 15.0. The van der Waals surface area contributed by atoms with Crippen LogP contribution >= 0.6 is 16.1 Å². The van der Waals surface area contributed by atoms with Crippen LogP contribution in [0.3, 0.4) is 0 Å². The molecule has 0 bridgehead atoms. The van der Waals surface area contributed by atoms with E-state index < -0.39 is 16.1 Å². The van der Waals surface area contributed by atoms with E-state index in [1.807, 2.05) is 60.7 Å². The summed E-state index contributed by atoms with van der Waals surface area (Å²) in [6.45, 7) is 0.979. The number of benzene rings is 2. The van der Waals surface area contributed by atoms with Crippen LogP contribution in [0, 0.1) is 0 Å². The van der Waals surface area contributed by atoms with Crippen molar-refractivity contribution in [2.45, 2.75) is 25.7 Å². The van der Waals surface area contributed by atoms with Gasteiger partial charge in [0, 0.05) is 0 Å². The molecule has 0 aliphatic rings. The lowest BCUT2D eigenvalue weighted by Crippen LogP contribution is -1.99. The van der Waals surface area contributed by atoms with E-state index in [2.05, 4.69) is 0 Å². The van der Waals surface area contributed by atoms with E-state index >= 15 is 0 Å². The van der Waals surface area contributed by atoms with Gasteiger partial charge in [-0.2, -0.15) is 0 Å². The van der Waals surface area contributed by atoms with E-state index in [0.717, 1.165) is 36.3 Å². The normalized spacial score (nSPS) is 11.1. The van der Waals surface area contributed by atoms with Gasteiger partial charge in [0.15, 0.2) is 0 Å². The molecule has 0 heterocycles. The van der Waals surface area contributed by atoms with E-state index in [1.54, 1.807) is 0 Å². The van der Waals surface area contributed by atoms with Crippen molar-refractivity contribution in [1.82, 2.24) is 12.3 Å². The Bertz CT molecular complexity index is 585. The molecule has 2 aromatic rings. The molecule has 6 N–H and O–H groups in total. The Labute approximate surface area is 157 Å². The molecule has 26 heavy (non-hydrogen) atoms. The van der Waals surface area contributed by atoms with Crippen molar-refractivity contribution < 1.29 is 18.2 Å². The zero-order chi connectivity index (χ0) is 17.0. The second-order valence-corrected chi connectivity index (χ2v) is 7.84. The highest BCUT2D eigenvalue weighted by molar-refractivity contribution is 7.48. The molecule has 142 valence electrons. The smallest absolute Gasteiger partial charge is 0.344 e. The fourth-order valence-electron chi connectivity index (χ4n) is 2.10. The van der Waals surface area contributed by atoms with Crippen molar-refractivity contribution in [3.8, 4) is 0 Å². The third-order valence-corrected chi connectivity index (χ3v) is 5.66. The second-order valence-electron chi connectivity index (χ2n) is 5.27. The van der Waals surface area contributed by atoms with Gasteiger partial charge < -0.3 is 12.3 Å². The highest BCUT2D eigenvalue weighted by Gasteiger charge is 2.21. The molecule has 8 heteroatoms. The first kappa shape index (κ1) is 24.5. The summed E-state index contributed by atoms with van der Waals surface area (Å²) in [5, 5.41) is 1.45. The molecule has 0 aromatic heterocycles. The van der Waals surface area contributed by atoms with Crippen molar-refractivity contribution in [3.63, 3.8) is 0 Å². The van der Waals surface area contributed by atoms with Gasteiger partial charge in [0.2, 0.25) is 10.6 Å². The number of unbranched alkanes of at least 4 members (excludes halogenated alkanes) is 3. The minimum atomic E-state index is -1.75. The van der Waals surface area contributed by atoms with Crippen molar-refractivity contribution >= 4 is 26.7 Å². The third-order valence-electron chi connectivity index (χ3n) is 3.39. The molecule has 2 aromatic carbocycles. The summed E-state index contributed by atoms with van der Waals surface area (Å²) >= 11 is 0. The molecule has 0 saturated carbocycles. The molecule has 0 aliphatic heterocycles. The molecule has 0 spiro atoms. The average Bonchev–Trinajstić information content (AvgIpc) is 2.65. The molecule has 0 radical (unpaired) electrons. The van der Waals surface area contributed by atoms with E-state index in [-0.39, 0.29) is 12.3 Å². The van der Waals surface area contributed by atoms with Crippen LogP contribution in [-0.4, -0.2) is 13.2 Å². The van der Waals surface area contributed by atoms with Crippen LogP contribution in [0.5, 0.6) is 0 Å². The maximum Gasteiger partial charge on any atom is 0.548 e. The summed E-state index contributed by atoms with van der Waals surface area (Å²) < 4.78 is 34.4. The van der Waals surface area contributed by atoms with Crippen molar-refractivity contribution in [2.75, 3.05) is 13.2 Å². The number of hydrogen-bond donors (Lipinski definition) is 2. The van der Waals surface area contributed by atoms with E-state index in [4.69, 9.17) is 9.05 Å². The molecule has 2 unspecified atom stereocenters. The van der Waals surface area contributed by atoms with Crippen LogP contribution < -0.4 is 22.9 Å². The summed E-state index contributed by atoms with van der Waals surface area (Å²) in [4.78, 5) is 0. The largest absolute Gasteiger partial charge is 0.548 e. The predicted octanol–water partition coefficient (Wildman–Crippen LogP) is 5.04. The highest BCUT2D eigenvalue weighted by atomic mass is 31.1. The predicted molar refractivity (Wildman–Crippen MR) is 108 cm³/mol. The van der Waals surface area contributed by atoms with Crippen LogP contribution in [0.15, 0.2) is 60.7 Å². The molecular formula is C18H28N2O4P2+2. The van der Waals surface area contributed by atoms with Crippen LogP contribution in [-0.2, 0) is 18.2 Å². The average molecular weight is 398 g/mol. The molecule has 0 saturated heterocycles. The van der Waals surface area contributed by atoms with E-state index in [1.165, 1.54) is 0 Å². The fourth-order valence-corrected chi connectivity index (χ4v) is 3.82. The topological polar surface area (TPSA) is 123 Å². The van der Waals surface area contributed by atoms with Gasteiger partial charge in [0.1, 0.15) is 13.2 Å². The van der Waals surface area contributed by atoms with Crippen molar-refractivity contribution in [3.05, 3.63) is 60.7 Å². The summed E-state index contributed by atoms with van der Waals surface area (Å²) in [6.07, 6.45) is 3.67. The number of rotatable bonds is 11. The lowest BCUT2D eigenvalue weighted by molar-refractivity contribution is 0.304. The quantitative estimate of drug-likeness (QED) is 0.404. The number of hydrogen-bond acceptors (Lipinski definition) is 6. The minimum Gasteiger partial charge on any atom is -0.344 e. The Kier molecular flexibility index (Phi) is 13.8. The molecule has 0 aliphatic carbocycles. The van der Waals surface area contributed by atoms with Crippen molar-refractivity contribution in [2.24, 2.45) is 0 Å². The molecular weight excluding hydrogens is 370 g/mol. The van der Waals surface area contributed by atoms with Gasteiger partial charge in [-0.3, -0.25) is 0 Å². The fraction of sp³-hybridized carbons (Fsp3) is 0.333. The standard InChI is InChI=1S/C18H22O4P2.2H3N/c19-23(17-11-5-3-6-12-17)21-15-9-1-2-10-16-22-24(20)18-13-7-4-8-14-18;;/h3-8,11-14H,1-2,9-10,15-16H2;2*1H3/q+2;;. The van der Waals surface area contributed by atoms with Gasteiger partial charge in [-0.15, -0.1) is 9.05 Å². The molecule has 0 amide bonds. The first-order valence-electron chi connectivity index (χ1n) is 8.08. The lowest BCUT2D eigenvalue weighted by Gasteiger charge is -1.96. The van der Waals surface area contributed by atoms with Gasteiger partial charge >= 0.3 is 16.1 Å². The SMILES string of the molecule is N.N.O=[P+](OCCCCCCO[P+](=O)c1ccccc1)c1ccccc1. The van der Waals surface area contributed by atoms with Crippen molar-refractivity contribution in [1.29, 1.82) is 0 Å². The van der Waals surface area contributed by atoms with Gasteiger partial charge in [-0.1, -0.05) is 49.2 Å². The Morgan fingerprint density at radius 3 is 1.27 bits per heavy atom. The summed E-state index contributed by atoms with van der Waals surface area (Å²) in [5.41, 5.74) is 0. The Morgan fingerprint density at radius 2 is 0.923 bits per heavy atom. The van der Waals surface area contributed by atoms with Crippen LogP contribution in [0.25, 0.3) is 0 Å². The summed E-state index contributed by atoms with van der Waals surface area (Å²) in [5.74, 6) is 0. The van der Waals surface area contributed by atoms with Crippen LogP contribution in [0.1, 0.15) is 25.7 Å². The second kappa shape index (κ2) is 14.6.